The Balaban J connectivity index is 2.30. The van der Waals surface area contributed by atoms with E-state index < -0.39 is 0 Å². The third-order valence-electron chi connectivity index (χ3n) is 3.81. The van der Waals surface area contributed by atoms with E-state index in [4.69, 9.17) is 0 Å². The number of fused-ring (bicyclic) bond motifs is 6. The number of aromatic nitrogens is 2. The Kier molecular flexibility index (Phi) is 2.64. The van der Waals surface area contributed by atoms with Gasteiger partial charge in [-0.25, -0.2) is 9.97 Å². The second kappa shape index (κ2) is 4.25. The molecule has 0 aliphatic heterocycles. The summed E-state index contributed by atoms with van der Waals surface area (Å²) in [5, 5.41) is 2.52. The highest BCUT2D eigenvalue weighted by molar-refractivity contribution is 9.10. The molecular formula is C15H10Br2N2. The predicted octanol–water partition coefficient (Wildman–Crippen LogP) is 4.80. The summed E-state index contributed by atoms with van der Waals surface area (Å²) in [7, 11) is 0. The first kappa shape index (κ1) is 11.8. The van der Waals surface area contributed by atoms with E-state index in [1.54, 1.807) is 0 Å². The second-order valence-electron chi connectivity index (χ2n) is 4.87. The van der Waals surface area contributed by atoms with Crippen LogP contribution in [0.3, 0.4) is 0 Å². The topological polar surface area (TPSA) is 25.8 Å². The van der Waals surface area contributed by atoms with Crippen molar-refractivity contribution in [2.24, 2.45) is 0 Å². The Morgan fingerprint density at radius 2 is 1.21 bits per heavy atom. The summed E-state index contributed by atoms with van der Waals surface area (Å²) in [4.78, 5) is 9.31. The van der Waals surface area contributed by atoms with Crippen LogP contribution in [0, 0.1) is 0 Å². The van der Waals surface area contributed by atoms with E-state index in [-0.39, 0.29) is 0 Å². The lowest BCUT2D eigenvalue weighted by molar-refractivity contribution is 0.915. The van der Waals surface area contributed by atoms with Crippen LogP contribution in [0.4, 0.5) is 0 Å². The van der Waals surface area contributed by atoms with Crippen molar-refractivity contribution >= 4 is 53.7 Å². The zero-order valence-corrected chi connectivity index (χ0v) is 13.3. The molecule has 0 amide bonds. The van der Waals surface area contributed by atoms with E-state index in [2.05, 4.69) is 54.0 Å². The largest absolute Gasteiger partial charge is 0.239 e. The second-order valence-corrected chi connectivity index (χ2v) is 6.50. The van der Waals surface area contributed by atoms with Crippen molar-refractivity contribution in [2.75, 3.05) is 0 Å². The van der Waals surface area contributed by atoms with Crippen molar-refractivity contribution in [3.05, 3.63) is 44.6 Å². The molecule has 3 aromatic rings. The van der Waals surface area contributed by atoms with Crippen molar-refractivity contribution in [3.8, 4) is 0 Å². The molecule has 0 radical (unpaired) electrons. The molecule has 19 heavy (non-hydrogen) atoms. The smallest absolute Gasteiger partial charge is 0.106 e. The zero-order chi connectivity index (χ0) is 13.0. The van der Waals surface area contributed by atoms with Crippen molar-refractivity contribution in [3.63, 3.8) is 0 Å². The van der Waals surface area contributed by atoms with Crippen LogP contribution in [0.15, 0.2) is 33.5 Å². The Morgan fingerprint density at radius 1 is 0.737 bits per heavy atom. The van der Waals surface area contributed by atoms with Crippen molar-refractivity contribution in [1.29, 1.82) is 0 Å². The highest BCUT2D eigenvalue weighted by Crippen LogP contribution is 2.37. The molecule has 1 aliphatic carbocycles. The van der Waals surface area contributed by atoms with Crippen LogP contribution in [0.1, 0.15) is 17.5 Å². The van der Waals surface area contributed by atoms with Gasteiger partial charge < -0.3 is 0 Å². The Bertz CT molecular complexity index is 759. The fraction of sp³-hybridized carbons (Fsp3) is 0.200. The number of pyridine rings is 2. The lowest BCUT2D eigenvalue weighted by Crippen LogP contribution is -1.94. The van der Waals surface area contributed by atoms with Gasteiger partial charge in [0.15, 0.2) is 0 Å². The molecule has 1 aliphatic rings. The maximum Gasteiger partial charge on any atom is 0.106 e. The van der Waals surface area contributed by atoms with Crippen molar-refractivity contribution in [1.82, 2.24) is 9.97 Å². The predicted molar refractivity (Wildman–Crippen MR) is 84.5 cm³/mol. The number of hydrogen-bond donors (Lipinski definition) is 0. The number of rotatable bonds is 0. The van der Waals surface area contributed by atoms with E-state index in [0.29, 0.717) is 0 Å². The molecule has 0 atom stereocenters. The van der Waals surface area contributed by atoms with Crippen LogP contribution < -0.4 is 0 Å². The van der Waals surface area contributed by atoms with Gasteiger partial charge in [0.2, 0.25) is 0 Å². The Hall–Kier alpha value is -1.00. The van der Waals surface area contributed by atoms with Crippen LogP contribution in [0.2, 0.25) is 0 Å². The van der Waals surface area contributed by atoms with E-state index in [1.165, 1.54) is 28.3 Å². The van der Waals surface area contributed by atoms with Crippen molar-refractivity contribution < 1.29 is 0 Å². The standard InChI is InChI=1S/C15H10Br2N2/c16-12-6-4-10-8-2-1-3-9(8)11-5-7-13(17)19-15(11)14(10)18-12/h4-7H,1-3H2. The maximum absolute atomic E-state index is 4.66. The monoisotopic (exact) mass is 376 g/mol. The van der Waals surface area contributed by atoms with Gasteiger partial charge in [0.05, 0.1) is 11.0 Å². The molecule has 0 unspecified atom stereocenters. The van der Waals surface area contributed by atoms with Gasteiger partial charge in [-0.05, 0) is 86.5 Å². The van der Waals surface area contributed by atoms with Crippen molar-refractivity contribution in [2.45, 2.75) is 19.3 Å². The summed E-state index contributed by atoms with van der Waals surface area (Å²) < 4.78 is 1.72. The van der Waals surface area contributed by atoms with E-state index in [9.17, 15) is 0 Å². The average molecular weight is 378 g/mol. The number of aryl methyl sites for hydroxylation is 2. The summed E-state index contributed by atoms with van der Waals surface area (Å²) in [6.45, 7) is 0. The summed E-state index contributed by atoms with van der Waals surface area (Å²) >= 11 is 6.93. The molecule has 2 heterocycles. The summed E-state index contributed by atoms with van der Waals surface area (Å²) in [5.41, 5.74) is 4.94. The highest BCUT2D eigenvalue weighted by atomic mass is 79.9. The molecule has 2 aromatic heterocycles. The lowest BCUT2D eigenvalue weighted by atomic mass is 9.99. The fourth-order valence-electron chi connectivity index (χ4n) is 3.06. The minimum absolute atomic E-state index is 0.862. The maximum atomic E-state index is 4.66. The van der Waals surface area contributed by atoms with Crippen LogP contribution in [-0.4, -0.2) is 9.97 Å². The van der Waals surface area contributed by atoms with Gasteiger partial charge in [0.1, 0.15) is 9.21 Å². The van der Waals surface area contributed by atoms with Gasteiger partial charge in [-0.15, -0.1) is 0 Å². The minimum atomic E-state index is 0.862. The molecule has 0 fully saturated rings. The van der Waals surface area contributed by atoms with E-state index in [1.807, 2.05) is 12.1 Å². The molecule has 94 valence electrons. The Labute approximate surface area is 127 Å². The van der Waals surface area contributed by atoms with Crippen LogP contribution in [0.25, 0.3) is 21.8 Å². The van der Waals surface area contributed by atoms with E-state index in [0.717, 1.165) is 33.1 Å². The van der Waals surface area contributed by atoms with Crippen LogP contribution >= 0.6 is 31.9 Å². The summed E-state index contributed by atoms with van der Waals surface area (Å²) in [6, 6.07) is 8.37. The quantitative estimate of drug-likeness (QED) is 0.415. The third-order valence-corrected chi connectivity index (χ3v) is 4.70. The molecule has 4 heteroatoms. The van der Waals surface area contributed by atoms with Crippen LogP contribution in [0.5, 0.6) is 0 Å². The molecule has 0 bridgehead atoms. The number of halogens is 2. The summed E-state index contributed by atoms with van der Waals surface area (Å²) in [5.74, 6) is 0. The van der Waals surface area contributed by atoms with Gasteiger partial charge in [0, 0.05) is 10.8 Å². The molecule has 4 rings (SSSR count). The zero-order valence-electron chi connectivity index (χ0n) is 10.1. The molecule has 2 nitrogen and oxygen atoms in total. The van der Waals surface area contributed by atoms with Gasteiger partial charge >= 0.3 is 0 Å². The van der Waals surface area contributed by atoms with Gasteiger partial charge in [-0.1, -0.05) is 0 Å². The first-order valence-corrected chi connectivity index (χ1v) is 7.89. The molecule has 1 aromatic carbocycles. The summed E-state index contributed by atoms with van der Waals surface area (Å²) in [6.07, 6.45) is 3.54. The fourth-order valence-corrected chi connectivity index (χ4v) is 3.68. The molecule has 0 saturated heterocycles. The average Bonchev–Trinajstić information content (AvgIpc) is 2.88. The van der Waals surface area contributed by atoms with Gasteiger partial charge in [-0.3, -0.25) is 0 Å². The molecule has 0 N–H and O–H groups in total. The van der Waals surface area contributed by atoms with Gasteiger partial charge in [0.25, 0.3) is 0 Å². The minimum Gasteiger partial charge on any atom is -0.239 e. The number of nitrogens with zero attached hydrogens (tertiary/aromatic N) is 2. The number of hydrogen-bond acceptors (Lipinski definition) is 2. The first-order chi connectivity index (χ1) is 9.24. The third kappa shape index (κ3) is 1.73. The normalized spacial score (nSPS) is 14.2. The lowest BCUT2D eigenvalue weighted by Gasteiger charge is -2.10. The molecule has 0 spiro atoms. The molecule has 0 saturated carbocycles. The number of benzene rings is 1. The van der Waals surface area contributed by atoms with Gasteiger partial charge in [-0.2, -0.15) is 0 Å². The first-order valence-electron chi connectivity index (χ1n) is 6.30. The van der Waals surface area contributed by atoms with E-state index >= 15 is 0 Å². The highest BCUT2D eigenvalue weighted by Gasteiger charge is 2.20. The molecular weight excluding hydrogens is 368 g/mol. The van der Waals surface area contributed by atoms with Crippen LogP contribution in [-0.2, 0) is 12.8 Å². The Morgan fingerprint density at radius 3 is 1.68 bits per heavy atom. The SMILES string of the molecule is Brc1ccc2c3c(c4ccc(Br)nc4c2n1)CCC3.